The zero-order valence-electron chi connectivity index (χ0n) is 6.71. The average molecular weight is 176 g/mol. The highest BCUT2D eigenvalue weighted by Gasteiger charge is 1.93. The molecule has 4 heteroatoms. The van der Waals surface area contributed by atoms with E-state index in [1.165, 1.54) is 11.8 Å². The third-order valence-electron chi connectivity index (χ3n) is 1.07. The van der Waals surface area contributed by atoms with Crippen LogP contribution in [0.5, 0.6) is 0 Å². The van der Waals surface area contributed by atoms with Crippen molar-refractivity contribution in [1.29, 1.82) is 0 Å². The lowest BCUT2D eigenvalue weighted by molar-refractivity contribution is 0.620. The second kappa shape index (κ2) is 4.68. The molecule has 0 aromatic rings. The van der Waals surface area contributed by atoms with E-state index in [0.717, 1.165) is 5.84 Å². The summed E-state index contributed by atoms with van der Waals surface area (Å²) in [5.41, 5.74) is 0. The molecule has 0 aliphatic heterocycles. The van der Waals surface area contributed by atoms with Gasteiger partial charge in [0.2, 0.25) is 0 Å². The maximum absolute atomic E-state index is 4.90. The van der Waals surface area contributed by atoms with E-state index in [4.69, 9.17) is 12.2 Å². The molecule has 0 saturated carbocycles. The van der Waals surface area contributed by atoms with E-state index in [0.29, 0.717) is 4.32 Å². The van der Waals surface area contributed by atoms with E-state index in [-0.39, 0.29) is 0 Å². The van der Waals surface area contributed by atoms with E-state index in [1.807, 2.05) is 32.2 Å². The minimum atomic E-state index is 0.686. The van der Waals surface area contributed by atoms with Crippen LogP contribution in [0.25, 0.3) is 0 Å². The van der Waals surface area contributed by atoms with Gasteiger partial charge in [-0.1, -0.05) is 24.0 Å². The molecule has 0 aliphatic carbocycles. The van der Waals surface area contributed by atoms with Gasteiger partial charge in [0.05, 0.1) is 0 Å². The SMILES string of the molecule is CSC(=S)/N=C(\C)N(C)C. The molecule has 0 bridgehead atoms. The van der Waals surface area contributed by atoms with E-state index in [9.17, 15) is 0 Å². The van der Waals surface area contributed by atoms with Gasteiger partial charge >= 0.3 is 0 Å². The Morgan fingerprint density at radius 2 is 2.00 bits per heavy atom. The molecule has 10 heavy (non-hydrogen) atoms. The molecule has 58 valence electrons. The third-order valence-corrected chi connectivity index (χ3v) is 2.11. The number of rotatable bonds is 0. The maximum Gasteiger partial charge on any atom is 0.161 e. The van der Waals surface area contributed by atoms with Crippen LogP contribution < -0.4 is 0 Å². The van der Waals surface area contributed by atoms with Gasteiger partial charge in [-0.2, -0.15) is 0 Å². The second-order valence-electron chi connectivity index (χ2n) is 2.02. The number of amidine groups is 1. The Bertz CT molecular complexity index is 152. The summed E-state index contributed by atoms with van der Waals surface area (Å²) in [6.45, 7) is 1.93. The molecule has 0 N–H and O–H groups in total. The molecule has 0 atom stereocenters. The summed E-state index contributed by atoms with van der Waals surface area (Å²) in [5.74, 6) is 0.944. The summed E-state index contributed by atoms with van der Waals surface area (Å²) < 4.78 is 0.686. The van der Waals surface area contributed by atoms with Crippen LogP contribution in [0.3, 0.4) is 0 Å². The lowest BCUT2D eigenvalue weighted by atomic mass is 10.6. The van der Waals surface area contributed by atoms with Gasteiger partial charge in [0, 0.05) is 14.1 Å². The van der Waals surface area contributed by atoms with E-state index < -0.39 is 0 Å². The first-order valence-corrected chi connectivity index (χ1v) is 4.51. The van der Waals surface area contributed by atoms with Crippen LogP contribution in [0.15, 0.2) is 4.99 Å². The van der Waals surface area contributed by atoms with Gasteiger partial charge in [0.25, 0.3) is 0 Å². The molecule has 0 radical (unpaired) electrons. The number of thiocarbonyl (C=S) groups is 1. The van der Waals surface area contributed by atoms with Crippen molar-refractivity contribution in [2.45, 2.75) is 6.92 Å². The number of aliphatic imine (C=N–C) groups is 1. The minimum Gasteiger partial charge on any atom is -0.366 e. The molecule has 0 fully saturated rings. The fourth-order valence-electron chi connectivity index (χ4n) is 0.278. The molecule has 2 nitrogen and oxygen atoms in total. The van der Waals surface area contributed by atoms with Crippen molar-refractivity contribution in [2.24, 2.45) is 4.99 Å². The van der Waals surface area contributed by atoms with Crippen molar-refractivity contribution >= 4 is 34.1 Å². The number of hydrogen-bond donors (Lipinski definition) is 0. The van der Waals surface area contributed by atoms with E-state index >= 15 is 0 Å². The van der Waals surface area contributed by atoms with Crippen LogP contribution in [0, 0.1) is 0 Å². The molecule has 0 aliphatic rings. The van der Waals surface area contributed by atoms with Crippen molar-refractivity contribution in [1.82, 2.24) is 4.90 Å². The smallest absolute Gasteiger partial charge is 0.161 e. The molecule has 0 spiro atoms. The third kappa shape index (κ3) is 3.85. The van der Waals surface area contributed by atoms with Gasteiger partial charge in [0.1, 0.15) is 5.84 Å². The van der Waals surface area contributed by atoms with Crippen molar-refractivity contribution in [2.75, 3.05) is 20.4 Å². The molecule has 0 saturated heterocycles. The quantitative estimate of drug-likeness (QED) is 0.317. The van der Waals surface area contributed by atoms with Crippen LogP contribution >= 0.6 is 24.0 Å². The van der Waals surface area contributed by atoms with Crippen LogP contribution in [-0.2, 0) is 0 Å². The van der Waals surface area contributed by atoms with Crippen LogP contribution in [0.4, 0.5) is 0 Å². The maximum atomic E-state index is 4.90. The van der Waals surface area contributed by atoms with Crippen molar-refractivity contribution in [3.8, 4) is 0 Å². The predicted molar refractivity (Wildman–Crippen MR) is 52.9 cm³/mol. The highest BCUT2D eigenvalue weighted by atomic mass is 32.2. The fourth-order valence-corrected chi connectivity index (χ4v) is 0.633. The summed E-state index contributed by atoms with van der Waals surface area (Å²) in [5, 5.41) is 0. The van der Waals surface area contributed by atoms with E-state index in [2.05, 4.69) is 4.99 Å². The van der Waals surface area contributed by atoms with Gasteiger partial charge in [0.15, 0.2) is 4.32 Å². The van der Waals surface area contributed by atoms with Gasteiger partial charge in [-0.25, -0.2) is 4.99 Å². The summed E-state index contributed by atoms with van der Waals surface area (Å²) in [4.78, 5) is 6.06. The van der Waals surface area contributed by atoms with Crippen molar-refractivity contribution in [3.05, 3.63) is 0 Å². The lowest BCUT2D eigenvalue weighted by Gasteiger charge is -2.10. The first-order chi connectivity index (χ1) is 4.57. The first-order valence-electron chi connectivity index (χ1n) is 2.88. The molecular weight excluding hydrogens is 164 g/mol. The zero-order chi connectivity index (χ0) is 8.15. The lowest BCUT2D eigenvalue weighted by Crippen LogP contribution is -2.18. The summed E-state index contributed by atoms with van der Waals surface area (Å²) in [7, 11) is 3.89. The highest BCUT2D eigenvalue weighted by Crippen LogP contribution is 1.99. The Hall–Kier alpha value is -0.0900. The van der Waals surface area contributed by atoms with Crippen molar-refractivity contribution < 1.29 is 0 Å². The topological polar surface area (TPSA) is 15.6 Å². The first kappa shape index (κ1) is 9.91. The van der Waals surface area contributed by atoms with Crippen molar-refractivity contribution in [3.63, 3.8) is 0 Å². The molecule has 0 heterocycles. The summed E-state index contributed by atoms with van der Waals surface area (Å²) in [6.07, 6.45) is 1.93. The second-order valence-corrected chi connectivity index (χ2v) is 3.46. The standard InChI is InChI=1S/C6H12N2S2/c1-5(8(2)3)7-6(9)10-4/h1-4H3/b7-5+. The van der Waals surface area contributed by atoms with Gasteiger partial charge < -0.3 is 4.90 Å². The summed E-state index contributed by atoms with van der Waals surface area (Å²) in [6, 6.07) is 0. The van der Waals surface area contributed by atoms with Crippen LogP contribution in [-0.4, -0.2) is 35.4 Å². The molecular formula is C6H12N2S2. The minimum absolute atomic E-state index is 0.686. The normalized spacial score (nSPS) is 11.4. The Balaban J connectivity index is 4.03. The monoisotopic (exact) mass is 176 g/mol. The Labute approximate surface area is 71.7 Å². The zero-order valence-corrected chi connectivity index (χ0v) is 8.34. The Morgan fingerprint density at radius 1 is 1.50 bits per heavy atom. The predicted octanol–water partition coefficient (Wildman–Crippen LogP) is 1.61. The van der Waals surface area contributed by atoms with Gasteiger partial charge in [-0.05, 0) is 13.2 Å². The Kier molecular flexibility index (Phi) is 4.64. The summed E-state index contributed by atoms with van der Waals surface area (Å²) >= 11 is 6.39. The van der Waals surface area contributed by atoms with Gasteiger partial charge in [-0.15, -0.1) is 0 Å². The van der Waals surface area contributed by atoms with Crippen LogP contribution in [0.1, 0.15) is 6.92 Å². The highest BCUT2D eigenvalue weighted by molar-refractivity contribution is 8.22. The number of thioether (sulfide) groups is 1. The fraction of sp³-hybridized carbons (Fsp3) is 0.667. The molecule has 0 aromatic carbocycles. The molecule has 0 rings (SSSR count). The van der Waals surface area contributed by atoms with Crippen LogP contribution in [0.2, 0.25) is 0 Å². The largest absolute Gasteiger partial charge is 0.366 e. The molecule has 0 amide bonds. The van der Waals surface area contributed by atoms with Gasteiger partial charge in [-0.3, -0.25) is 0 Å². The number of nitrogens with zero attached hydrogens (tertiary/aromatic N) is 2. The number of hydrogen-bond acceptors (Lipinski definition) is 2. The molecule has 0 unspecified atom stereocenters. The van der Waals surface area contributed by atoms with E-state index in [1.54, 1.807) is 0 Å². The average Bonchev–Trinajstić information content (AvgIpc) is 1.87. The Morgan fingerprint density at radius 3 is 2.30 bits per heavy atom. The molecule has 0 aromatic heterocycles.